The summed E-state index contributed by atoms with van der Waals surface area (Å²) < 4.78 is 1.53. The number of rotatable bonds is 2. The molecule has 2 heterocycles. The Bertz CT molecular complexity index is 478. The first-order valence-electron chi connectivity index (χ1n) is 4.11. The molecule has 0 aliphatic rings. The zero-order chi connectivity index (χ0) is 10.1. The number of aliphatic carboxylic acids is 1. The van der Waals surface area contributed by atoms with E-state index in [0.717, 1.165) is 5.52 Å². The number of carboxylic acid groups (broad SMARTS) is 1. The molecule has 0 radical (unpaired) electrons. The van der Waals surface area contributed by atoms with Crippen molar-refractivity contribution in [1.29, 1.82) is 0 Å². The lowest BCUT2D eigenvalue weighted by Gasteiger charge is -2.08. The molecule has 5 nitrogen and oxygen atoms in total. The van der Waals surface area contributed by atoms with Gasteiger partial charge in [0.25, 0.3) is 0 Å². The second kappa shape index (κ2) is 3.12. The van der Waals surface area contributed by atoms with Crippen molar-refractivity contribution in [3.63, 3.8) is 0 Å². The van der Waals surface area contributed by atoms with E-state index < -0.39 is 12.0 Å². The van der Waals surface area contributed by atoms with Gasteiger partial charge >= 0.3 is 5.97 Å². The fraction of sp³-hybridized carbons (Fsp3) is 0.111. The highest BCUT2D eigenvalue weighted by atomic mass is 16.4. The number of pyridine rings is 1. The molecule has 1 atom stereocenters. The summed E-state index contributed by atoms with van der Waals surface area (Å²) in [7, 11) is 0. The molecule has 5 heteroatoms. The van der Waals surface area contributed by atoms with Crippen LogP contribution < -0.4 is 5.73 Å². The summed E-state index contributed by atoms with van der Waals surface area (Å²) in [6, 6.07) is 6.00. The van der Waals surface area contributed by atoms with E-state index in [9.17, 15) is 4.79 Å². The van der Waals surface area contributed by atoms with Crippen molar-refractivity contribution >= 4 is 11.5 Å². The molecule has 0 fully saturated rings. The zero-order valence-electron chi connectivity index (χ0n) is 7.29. The van der Waals surface area contributed by atoms with Crippen LogP contribution in [0.4, 0.5) is 0 Å². The second-order valence-electron chi connectivity index (χ2n) is 2.93. The van der Waals surface area contributed by atoms with Gasteiger partial charge in [0.05, 0.1) is 11.2 Å². The zero-order valence-corrected chi connectivity index (χ0v) is 7.29. The van der Waals surface area contributed by atoms with Crippen molar-refractivity contribution in [1.82, 2.24) is 9.61 Å². The Hall–Kier alpha value is -1.88. The lowest BCUT2D eigenvalue weighted by Crippen LogP contribution is -2.23. The number of hydrogen-bond acceptors (Lipinski definition) is 3. The Morgan fingerprint density at radius 1 is 1.50 bits per heavy atom. The van der Waals surface area contributed by atoms with Gasteiger partial charge in [-0.3, -0.25) is 4.79 Å². The fourth-order valence-electron chi connectivity index (χ4n) is 1.33. The summed E-state index contributed by atoms with van der Waals surface area (Å²) in [5, 5.41) is 12.8. The largest absolute Gasteiger partial charge is 0.480 e. The Labute approximate surface area is 79.8 Å². The van der Waals surface area contributed by atoms with Crippen LogP contribution in [0.2, 0.25) is 0 Å². The second-order valence-corrected chi connectivity index (χ2v) is 2.93. The van der Waals surface area contributed by atoms with E-state index in [2.05, 4.69) is 5.10 Å². The van der Waals surface area contributed by atoms with Crippen LogP contribution in [0.25, 0.3) is 5.52 Å². The van der Waals surface area contributed by atoms with E-state index in [0.29, 0.717) is 5.69 Å². The maximum absolute atomic E-state index is 10.7. The van der Waals surface area contributed by atoms with Gasteiger partial charge in [-0.05, 0) is 18.2 Å². The predicted molar refractivity (Wildman–Crippen MR) is 49.8 cm³/mol. The standard InChI is InChI=1S/C9H9N3O2/c10-8(9(13)14)7-3-1-2-6-4-5-11-12(6)7/h1-5,8H,10H2,(H,13,14)/t8-/m1/s1. The molecule has 3 N–H and O–H groups in total. The minimum absolute atomic E-state index is 0.472. The molecule has 2 aromatic heterocycles. The molecule has 0 aliphatic heterocycles. The molecular weight excluding hydrogens is 182 g/mol. The summed E-state index contributed by atoms with van der Waals surface area (Å²) in [5.41, 5.74) is 6.81. The Balaban J connectivity index is 2.61. The maximum atomic E-state index is 10.7. The number of nitrogens with zero attached hydrogens (tertiary/aromatic N) is 2. The van der Waals surface area contributed by atoms with Crippen LogP contribution in [-0.4, -0.2) is 20.7 Å². The maximum Gasteiger partial charge on any atom is 0.326 e. The van der Waals surface area contributed by atoms with Gasteiger partial charge in [0.1, 0.15) is 6.04 Å². The molecule has 2 rings (SSSR count). The number of aromatic nitrogens is 2. The van der Waals surface area contributed by atoms with E-state index in [-0.39, 0.29) is 0 Å². The van der Waals surface area contributed by atoms with Crippen LogP contribution in [0.1, 0.15) is 11.7 Å². The van der Waals surface area contributed by atoms with Crippen LogP contribution in [0.15, 0.2) is 30.5 Å². The van der Waals surface area contributed by atoms with Gasteiger partial charge < -0.3 is 10.8 Å². The highest BCUT2D eigenvalue weighted by Gasteiger charge is 2.17. The SMILES string of the molecule is N[C@@H](C(=O)O)c1cccc2ccnn12. The molecule has 0 spiro atoms. The number of nitrogens with two attached hydrogens (primary N) is 1. The van der Waals surface area contributed by atoms with Crippen LogP contribution >= 0.6 is 0 Å². The van der Waals surface area contributed by atoms with Crippen molar-refractivity contribution in [2.24, 2.45) is 5.73 Å². The summed E-state index contributed by atoms with van der Waals surface area (Å²) in [5.74, 6) is -1.06. The van der Waals surface area contributed by atoms with Gasteiger partial charge in [-0.25, -0.2) is 4.52 Å². The monoisotopic (exact) mass is 191 g/mol. The first kappa shape index (κ1) is 8.71. The van der Waals surface area contributed by atoms with E-state index >= 15 is 0 Å². The first-order valence-corrected chi connectivity index (χ1v) is 4.11. The summed E-state index contributed by atoms with van der Waals surface area (Å²) >= 11 is 0. The van der Waals surface area contributed by atoms with Gasteiger partial charge in [0.2, 0.25) is 0 Å². The van der Waals surface area contributed by atoms with Crippen LogP contribution in [0.5, 0.6) is 0 Å². The van der Waals surface area contributed by atoms with Crippen molar-refractivity contribution in [3.05, 3.63) is 36.2 Å². The fourth-order valence-corrected chi connectivity index (χ4v) is 1.33. The van der Waals surface area contributed by atoms with E-state index in [1.807, 2.05) is 6.07 Å². The lowest BCUT2D eigenvalue weighted by molar-refractivity contribution is -0.138. The van der Waals surface area contributed by atoms with Crippen molar-refractivity contribution in [2.75, 3.05) is 0 Å². The van der Waals surface area contributed by atoms with E-state index in [1.165, 1.54) is 4.52 Å². The highest BCUT2D eigenvalue weighted by molar-refractivity contribution is 5.75. The molecule has 0 saturated carbocycles. The molecule has 0 bridgehead atoms. The van der Waals surface area contributed by atoms with Gasteiger partial charge in [-0.15, -0.1) is 0 Å². The van der Waals surface area contributed by atoms with Crippen molar-refractivity contribution < 1.29 is 9.90 Å². The first-order chi connectivity index (χ1) is 6.70. The topological polar surface area (TPSA) is 80.6 Å². The normalized spacial score (nSPS) is 12.9. The van der Waals surface area contributed by atoms with E-state index in [1.54, 1.807) is 24.4 Å². The summed E-state index contributed by atoms with van der Waals surface area (Å²) in [4.78, 5) is 10.7. The quantitative estimate of drug-likeness (QED) is 0.720. The third-order valence-electron chi connectivity index (χ3n) is 2.04. The lowest BCUT2D eigenvalue weighted by atomic mass is 10.2. The summed E-state index contributed by atoms with van der Waals surface area (Å²) in [6.45, 7) is 0. The van der Waals surface area contributed by atoms with Crippen LogP contribution in [-0.2, 0) is 4.79 Å². The van der Waals surface area contributed by atoms with Crippen LogP contribution in [0, 0.1) is 0 Å². The molecule has 0 aromatic carbocycles. The molecule has 0 aliphatic carbocycles. The molecule has 0 amide bonds. The van der Waals surface area contributed by atoms with Gasteiger partial charge in [-0.1, -0.05) is 6.07 Å². The third kappa shape index (κ3) is 1.23. The Kier molecular flexibility index (Phi) is 1.94. The number of fused-ring (bicyclic) bond motifs is 1. The molecule has 2 aromatic rings. The van der Waals surface area contributed by atoms with Gasteiger partial charge in [0.15, 0.2) is 0 Å². The molecule has 72 valence electrons. The number of hydrogen-bond donors (Lipinski definition) is 2. The average molecular weight is 191 g/mol. The minimum atomic E-state index is -1.06. The molecule has 0 unspecified atom stereocenters. The average Bonchev–Trinajstić information content (AvgIpc) is 2.63. The predicted octanol–water partition coefficient (Wildman–Crippen LogP) is 0.419. The Morgan fingerprint density at radius 3 is 3.00 bits per heavy atom. The smallest absolute Gasteiger partial charge is 0.326 e. The number of carboxylic acids is 1. The third-order valence-corrected chi connectivity index (χ3v) is 2.04. The van der Waals surface area contributed by atoms with Crippen LogP contribution in [0.3, 0.4) is 0 Å². The molecule has 14 heavy (non-hydrogen) atoms. The number of carbonyl (C=O) groups is 1. The van der Waals surface area contributed by atoms with Gasteiger partial charge in [-0.2, -0.15) is 5.10 Å². The van der Waals surface area contributed by atoms with Crippen molar-refractivity contribution in [3.8, 4) is 0 Å². The summed E-state index contributed by atoms with van der Waals surface area (Å²) in [6.07, 6.45) is 1.60. The highest BCUT2D eigenvalue weighted by Crippen LogP contribution is 2.12. The minimum Gasteiger partial charge on any atom is -0.480 e. The van der Waals surface area contributed by atoms with Gasteiger partial charge in [0, 0.05) is 6.20 Å². The van der Waals surface area contributed by atoms with Crippen molar-refractivity contribution in [2.45, 2.75) is 6.04 Å². The Morgan fingerprint density at radius 2 is 2.29 bits per heavy atom. The molecular formula is C9H9N3O2. The van der Waals surface area contributed by atoms with E-state index in [4.69, 9.17) is 10.8 Å². The molecule has 0 saturated heterocycles.